The largest absolute Gasteiger partial charge is 0.320 e. The molecular weight excluding hydrogens is 224 g/mol. The molecule has 0 spiro atoms. The van der Waals surface area contributed by atoms with Gasteiger partial charge in [-0.05, 0) is 32.9 Å². The van der Waals surface area contributed by atoms with Crippen molar-refractivity contribution in [2.24, 2.45) is 5.73 Å². The highest BCUT2D eigenvalue weighted by Gasteiger charge is 2.16. The summed E-state index contributed by atoms with van der Waals surface area (Å²) in [6, 6.07) is 7.42. The van der Waals surface area contributed by atoms with Crippen LogP contribution in [0.4, 0.5) is 5.69 Å². The highest BCUT2D eigenvalue weighted by atomic mass is 35.5. The average molecular weight is 243 g/mol. The lowest BCUT2D eigenvalue weighted by Gasteiger charge is -2.23. The number of carbonyl (C=O) groups is 1. The molecule has 16 heavy (non-hydrogen) atoms. The van der Waals surface area contributed by atoms with Crippen LogP contribution in [0.15, 0.2) is 24.3 Å². The van der Waals surface area contributed by atoms with Crippen LogP contribution in [0, 0.1) is 6.92 Å². The molecule has 0 aliphatic carbocycles. The highest BCUT2D eigenvalue weighted by molar-refractivity contribution is 5.96. The van der Waals surface area contributed by atoms with Crippen LogP contribution in [0.25, 0.3) is 0 Å². The summed E-state index contributed by atoms with van der Waals surface area (Å²) in [5.74, 6) is -0.0404. The van der Waals surface area contributed by atoms with E-state index in [1.54, 1.807) is 11.8 Å². The fraction of sp³-hybridized carbons (Fsp3) is 0.417. The number of aryl methyl sites for hydroxylation is 1. The number of benzene rings is 1. The molecule has 0 aromatic heterocycles. The third-order valence-corrected chi connectivity index (χ3v) is 2.32. The van der Waals surface area contributed by atoms with E-state index in [4.69, 9.17) is 5.73 Å². The second-order valence-corrected chi connectivity index (χ2v) is 3.71. The zero-order valence-corrected chi connectivity index (χ0v) is 10.8. The van der Waals surface area contributed by atoms with Gasteiger partial charge >= 0.3 is 0 Å². The molecule has 90 valence electrons. The molecule has 1 rings (SSSR count). The Labute approximate surface area is 103 Å². The zero-order chi connectivity index (χ0) is 11.4. The molecule has 0 saturated heterocycles. The molecule has 0 aliphatic heterocycles. The second kappa shape index (κ2) is 6.51. The van der Waals surface area contributed by atoms with Crippen molar-refractivity contribution < 1.29 is 4.79 Å². The fourth-order valence-corrected chi connectivity index (χ4v) is 1.44. The number of halogens is 1. The van der Waals surface area contributed by atoms with Gasteiger partial charge in [-0.2, -0.15) is 0 Å². The van der Waals surface area contributed by atoms with Crippen LogP contribution < -0.4 is 10.6 Å². The number of nitrogens with zero attached hydrogens (tertiary/aromatic N) is 1. The van der Waals surface area contributed by atoms with Crippen LogP contribution in [0.1, 0.15) is 19.4 Å². The lowest BCUT2D eigenvalue weighted by atomic mass is 10.2. The monoisotopic (exact) mass is 242 g/mol. The van der Waals surface area contributed by atoms with Gasteiger partial charge in [-0.25, -0.2) is 0 Å². The van der Waals surface area contributed by atoms with E-state index in [1.807, 2.05) is 38.1 Å². The van der Waals surface area contributed by atoms with Gasteiger partial charge in [0.05, 0.1) is 6.04 Å². The van der Waals surface area contributed by atoms with Crippen molar-refractivity contribution in [3.05, 3.63) is 29.8 Å². The van der Waals surface area contributed by atoms with Crippen LogP contribution >= 0.6 is 12.4 Å². The molecule has 1 atom stereocenters. The SMILES string of the molecule is CCN(C(=O)[C@@H](C)N)c1ccc(C)cc1.Cl. The number of hydrogen-bond donors (Lipinski definition) is 1. The number of amides is 1. The number of likely N-dealkylation sites (N-methyl/N-ethyl adjacent to an activating group) is 1. The normalized spacial score (nSPS) is 11.5. The van der Waals surface area contributed by atoms with Gasteiger partial charge in [-0.1, -0.05) is 17.7 Å². The first-order chi connectivity index (χ1) is 7.06. The number of carbonyl (C=O) groups excluding carboxylic acids is 1. The summed E-state index contributed by atoms with van der Waals surface area (Å²) in [6.07, 6.45) is 0. The van der Waals surface area contributed by atoms with E-state index in [9.17, 15) is 4.79 Å². The van der Waals surface area contributed by atoms with Crippen LogP contribution in [-0.2, 0) is 4.79 Å². The van der Waals surface area contributed by atoms with Crippen molar-refractivity contribution >= 4 is 24.0 Å². The molecule has 0 heterocycles. The first kappa shape index (κ1) is 14.9. The molecule has 4 heteroatoms. The Balaban J connectivity index is 0.00000225. The molecule has 0 radical (unpaired) electrons. The lowest BCUT2D eigenvalue weighted by Crippen LogP contribution is -2.42. The molecular formula is C12H19ClN2O. The smallest absolute Gasteiger partial charge is 0.243 e. The predicted octanol–water partition coefficient (Wildman–Crippen LogP) is 2.12. The van der Waals surface area contributed by atoms with Crippen LogP contribution in [0.2, 0.25) is 0 Å². The van der Waals surface area contributed by atoms with Gasteiger partial charge in [0.1, 0.15) is 0 Å². The van der Waals surface area contributed by atoms with E-state index in [-0.39, 0.29) is 18.3 Å². The molecule has 0 aliphatic rings. The Hall–Kier alpha value is -1.06. The summed E-state index contributed by atoms with van der Waals surface area (Å²) < 4.78 is 0. The van der Waals surface area contributed by atoms with Crippen LogP contribution in [-0.4, -0.2) is 18.5 Å². The third-order valence-electron chi connectivity index (χ3n) is 2.32. The number of hydrogen-bond acceptors (Lipinski definition) is 2. The van der Waals surface area contributed by atoms with E-state index in [0.717, 1.165) is 5.69 Å². The lowest BCUT2D eigenvalue weighted by molar-refractivity contribution is -0.119. The van der Waals surface area contributed by atoms with Crippen LogP contribution in [0.5, 0.6) is 0 Å². The predicted molar refractivity (Wildman–Crippen MR) is 70.1 cm³/mol. The summed E-state index contributed by atoms with van der Waals surface area (Å²) in [7, 11) is 0. The quantitative estimate of drug-likeness (QED) is 0.883. The third kappa shape index (κ3) is 3.51. The molecule has 1 aromatic carbocycles. The Morgan fingerprint density at radius 2 is 1.88 bits per heavy atom. The van der Waals surface area contributed by atoms with Gasteiger partial charge in [-0.3, -0.25) is 4.79 Å². The minimum Gasteiger partial charge on any atom is -0.320 e. The standard InChI is InChI=1S/C12H18N2O.ClH/c1-4-14(12(15)10(3)13)11-7-5-9(2)6-8-11;/h5-8,10H,4,13H2,1-3H3;1H/t10-;/m1./s1. The Morgan fingerprint density at radius 3 is 2.25 bits per heavy atom. The van der Waals surface area contributed by atoms with Gasteiger partial charge in [-0.15, -0.1) is 12.4 Å². The Kier molecular flexibility index (Phi) is 6.08. The molecule has 3 nitrogen and oxygen atoms in total. The van der Waals surface area contributed by atoms with Crippen LogP contribution in [0.3, 0.4) is 0 Å². The van der Waals surface area contributed by atoms with E-state index in [0.29, 0.717) is 6.54 Å². The van der Waals surface area contributed by atoms with E-state index in [1.165, 1.54) is 5.56 Å². The zero-order valence-electron chi connectivity index (χ0n) is 9.93. The Morgan fingerprint density at radius 1 is 1.38 bits per heavy atom. The summed E-state index contributed by atoms with van der Waals surface area (Å²) in [6.45, 7) is 6.32. The first-order valence-corrected chi connectivity index (χ1v) is 5.20. The summed E-state index contributed by atoms with van der Waals surface area (Å²) in [5, 5.41) is 0. The molecule has 2 N–H and O–H groups in total. The molecule has 1 aromatic rings. The molecule has 0 bridgehead atoms. The van der Waals surface area contributed by atoms with Crippen molar-refractivity contribution in [2.75, 3.05) is 11.4 Å². The molecule has 0 saturated carbocycles. The van der Waals surface area contributed by atoms with E-state index < -0.39 is 6.04 Å². The van der Waals surface area contributed by atoms with Crippen molar-refractivity contribution in [1.82, 2.24) is 0 Å². The van der Waals surface area contributed by atoms with Crippen molar-refractivity contribution in [1.29, 1.82) is 0 Å². The summed E-state index contributed by atoms with van der Waals surface area (Å²) in [5.41, 5.74) is 7.68. The fourth-order valence-electron chi connectivity index (χ4n) is 1.44. The van der Waals surface area contributed by atoms with E-state index in [2.05, 4.69) is 0 Å². The molecule has 0 unspecified atom stereocenters. The topological polar surface area (TPSA) is 46.3 Å². The van der Waals surface area contributed by atoms with Crippen molar-refractivity contribution in [3.8, 4) is 0 Å². The van der Waals surface area contributed by atoms with Gasteiger partial charge in [0.15, 0.2) is 0 Å². The maximum Gasteiger partial charge on any atom is 0.243 e. The van der Waals surface area contributed by atoms with Gasteiger partial charge in [0, 0.05) is 12.2 Å². The summed E-state index contributed by atoms with van der Waals surface area (Å²) in [4.78, 5) is 13.5. The number of rotatable bonds is 3. The molecule has 1 amide bonds. The first-order valence-electron chi connectivity index (χ1n) is 5.20. The Bertz CT molecular complexity index is 335. The van der Waals surface area contributed by atoms with Gasteiger partial charge in [0.2, 0.25) is 5.91 Å². The highest BCUT2D eigenvalue weighted by Crippen LogP contribution is 2.15. The van der Waals surface area contributed by atoms with Crippen molar-refractivity contribution in [2.45, 2.75) is 26.8 Å². The maximum atomic E-state index is 11.8. The second-order valence-electron chi connectivity index (χ2n) is 3.71. The minimum absolute atomic E-state index is 0. The average Bonchev–Trinajstić information content (AvgIpc) is 2.21. The van der Waals surface area contributed by atoms with Gasteiger partial charge < -0.3 is 10.6 Å². The van der Waals surface area contributed by atoms with Crippen molar-refractivity contribution in [3.63, 3.8) is 0 Å². The number of anilines is 1. The molecule has 0 fully saturated rings. The van der Waals surface area contributed by atoms with E-state index >= 15 is 0 Å². The minimum atomic E-state index is -0.453. The van der Waals surface area contributed by atoms with Gasteiger partial charge in [0.25, 0.3) is 0 Å². The summed E-state index contributed by atoms with van der Waals surface area (Å²) >= 11 is 0. The number of nitrogens with two attached hydrogens (primary N) is 1. The maximum absolute atomic E-state index is 11.8.